The molecular formula is C9H12F6. The molecule has 0 saturated carbocycles. The fourth-order valence-corrected chi connectivity index (χ4v) is 1.17. The summed E-state index contributed by atoms with van der Waals surface area (Å²) in [6.45, 7) is 3.07. The third kappa shape index (κ3) is 9.62. The Morgan fingerprint density at radius 1 is 0.933 bits per heavy atom. The van der Waals surface area contributed by atoms with E-state index in [0.29, 0.717) is 0 Å². The summed E-state index contributed by atoms with van der Waals surface area (Å²) in [5.74, 6) is -0.329. The summed E-state index contributed by atoms with van der Waals surface area (Å²) in [6, 6.07) is 0. The van der Waals surface area contributed by atoms with E-state index >= 15 is 0 Å². The summed E-state index contributed by atoms with van der Waals surface area (Å²) >= 11 is 0. The number of rotatable bonds is 3. The molecule has 0 aliphatic heterocycles. The van der Waals surface area contributed by atoms with Crippen molar-refractivity contribution >= 4 is 0 Å². The summed E-state index contributed by atoms with van der Waals surface area (Å²) in [7, 11) is 0. The normalized spacial score (nSPS) is 13.1. The van der Waals surface area contributed by atoms with Crippen molar-refractivity contribution in [3.05, 3.63) is 11.6 Å². The van der Waals surface area contributed by atoms with Crippen LogP contribution < -0.4 is 0 Å². The van der Waals surface area contributed by atoms with Crippen LogP contribution in [0.2, 0.25) is 0 Å². The lowest BCUT2D eigenvalue weighted by molar-refractivity contribution is -0.142. The zero-order chi connectivity index (χ0) is 12.3. The highest BCUT2D eigenvalue weighted by Crippen LogP contribution is 2.32. The van der Waals surface area contributed by atoms with Crippen LogP contribution in [-0.2, 0) is 0 Å². The fraction of sp³-hybridized carbons (Fsp3) is 0.778. The van der Waals surface area contributed by atoms with Crippen molar-refractivity contribution in [1.82, 2.24) is 0 Å². The summed E-state index contributed by atoms with van der Waals surface area (Å²) < 4.78 is 71.5. The Balaban J connectivity index is 4.62. The minimum Gasteiger partial charge on any atom is -0.171 e. The first-order valence-electron chi connectivity index (χ1n) is 4.32. The molecule has 0 saturated heterocycles. The quantitative estimate of drug-likeness (QED) is 0.499. The first-order chi connectivity index (χ1) is 6.49. The van der Waals surface area contributed by atoms with Gasteiger partial charge in [0, 0.05) is 0 Å². The van der Waals surface area contributed by atoms with Crippen LogP contribution in [0.4, 0.5) is 26.3 Å². The van der Waals surface area contributed by atoms with Crippen molar-refractivity contribution in [2.24, 2.45) is 5.92 Å². The highest BCUT2D eigenvalue weighted by Gasteiger charge is 2.35. The molecule has 90 valence electrons. The second-order valence-corrected chi connectivity index (χ2v) is 3.65. The van der Waals surface area contributed by atoms with E-state index in [-0.39, 0.29) is 5.92 Å². The Bertz CT molecular complexity index is 202. The van der Waals surface area contributed by atoms with E-state index in [1.54, 1.807) is 0 Å². The van der Waals surface area contributed by atoms with Crippen LogP contribution in [0, 0.1) is 5.92 Å². The predicted octanol–water partition coefficient (Wildman–Crippen LogP) is 4.47. The third-order valence-corrected chi connectivity index (χ3v) is 1.42. The van der Waals surface area contributed by atoms with Crippen LogP contribution >= 0.6 is 0 Å². The second kappa shape index (κ2) is 4.90. The zero-order valence-corrected chi connectivity index (χ0v) is 8.34. The summed E-state index contributed by atoms with van der Waals surface area (Å²) in [6.07, 6.45) is -11.2. The van der Waals surface area contributed by atoms with E-state index < -0.39 is 30.8 Å². The van der Waals surface area contributed by atoms with Crippen molar-refractivity contribution < 1.29 is 26.3 Å². The monoisotopic (exact) mass is 234 g/mol. The molecule has 0 radical (unpaired) electrons. The standard InChI is InChI=1S/C9H12F6/c1-6(2)3-7(4-8(10,11)12)5-9(13,14)15/h3,6H,4-5H2,1-2H3. The highest BCUT2D eigenvalue weighted by molar-refractivity contribution is 5.06. The van der Waals surface area contributed by atoms with Crippen LogP contribution in [0.1, 0.15) is 26.7 Å². The van der Waals surface area contributed by atoms with Gasteiger partial charge in [-0.3, -0.25) is 0 Å². The molecule has 0 rings (SSSR count). The highest BCUT2D eigenvalue weighted by atomic mass is 19.4. The smallest absolute Gasteiger partial charge is 0.171 e. The van der Waals surface area contributed by atoms with Crippen molar-refractivity contribution in [2.75, 3.05) is 0 Å². The summed E-state index contributed by atoms with van der Waals surface area (Å²) in [5.41, 5.74) is -0.620. The van der Waals surface area contributed by atoms with E-state index in [9.17, 15) is 26.3 Å². The minimum atomic E-state index is -4.59. The molecule has 0 aliphatic carbocycles. The van der Waals surface area contributed by atoms with Gasteiger partial charge in [0.05, 0.1) is 12.8 Å². The van der Waals surface area contributed by atoms with E-state index in [0.717, 1.165) is 6.08 Å². The van der Waals surface area contributed by atoms with E-state index in [2.05, 4.69) is 0 Å². The minimum absolute atomic E-state index is 0.329. The van der Waals surface area contributed by atoms with E-state index in [1.165, 1.54) is 13.8 Å². The van der Waals surface area contributed by atoms with Gasteiger partial charge in [-0.05, 0) is 5.92 Å². The lowest BCUT2D eigenvalue weighted by atomic mass is 10.0. The van der Waals surface area contributed by atoms with E-state index in [1.807, 2.05) is 0 Å². The molecule has 0 aromatic carbocycles. The topological polar surface area (TPSA) is 0 Å². The number of alkyl halides is 6. The van der Waals surface area contributed by atoms with Crippen molar-refractivity contribution in [1.29, 1.82) is 0 Å². The maximum atomic E-state index is 11.9. The van der Waals surface area contributed by atoms with Crippen molar-refractivity contribution in [3.8, 4) is 0 Å². The Kier molecular flexibility index (Phi) is 4.67. The molecule has 6 heteroatoms. The molecule has 0 unspecified atom stereocenters. The second-order valence-electron chi connectivity index (χ2n) is 3.65. The van der Waals surface area contributed by atoms with Crippen LogP contribution in [0.5, 0.6) is 0 Å². The molecule has 0 bridgehead atoms. The number of hydrogen-bond donors (Lipinski definition) is 0. The molecule has 0 aliphatic rings. The Morgan fingerprint density at radius 3 is 1.47 bits per heavy atom. The average molecular weight is 234 g/mol. The van der Waals surface area contributed by atoms with Crippen molar-refractivity contribution in [2.45, 2.75) is 39.0 Å². The molecule has 0 atom stereocenters. The molecule has 15 heavy (non-hydrogen) atoms. The predicted molar refractivity (Wildman–Crippen MR) is 44.3 cm³/mol. The molecule has 0 amide bonds. The maximum absolute atomic E-state index is 11.9. The van der Waals surface area contributed by atoms with Gasteiger partial charge in [0.25, 0.3) is 0 Å². The average Bonchev–Trinajstić information content (AvgIpc) is 1.73. The molecule has 0 aromatic rings. The first kappa shape index (κ1) is 14.3. The SMILES string of the molecule is CC(C)C=C(CC(F)(F)F)CC(F)(F)F. The van der Waals surface area contributed by atoms with Gasteiger partial charge in [0.15, 0.2) is 0 Å². The fourth-order valence-electron chi connectivity index (χ4n) is 1.17. The van der Waals surface area contributed by atoms with Gasteiger partial charge in [0.2, 0.25) is 0 Å². The van der Waals surface area contributed by atoms with E-state index in [4.69, 9.17) is 0 Å². The molecular weight excluding hydrogens is 222 g/mol. The summed E-state index contributed by atoms with van der Waals surface area (Å²) in [5, 5.41) is 0. The Hall–Kier alpha value is -0.680. The zero-order valence-electron chi connectivity index (χ0n) is 8.34. The lowest BCUT2D eigenvalue weighted by Gasteiger charge is -2.14. The lowest BCUT2D eigenvalue weighted by Crippen LogP contribution is -2.15. The first-order valence-corrected chi connectivity index (χ1v) is 4.32. The number of halogens is 6. The maximum Gasteiger partial charge on any atom is 0.392 e. The third-order valence-electron chi connectivity index (χ3n) is 1.42. The molecule has 0 spiro atoms. The van der Waals surface area contributed by atoms with Crippen LogP contribution in [-0.4, -0.2) is 12.4 Å². The summed E-state index contributed by atoms with van der Waals surface area (Å²) in [4.78, 5) is 0. The largest absolute Gasteiger partial charge is 0.392 e. The Labute approximate surface area is 84.0 Å². The molecule has 0 fully saturated rings. The van der Waals surface area contributed by atoms with Gasteiger partial charge in [-0.2, -0.15) is 26.3 Å². The number of hydrogen-bond acceptors (Lipinski definition) is 0. The van der Waals surface area contributed by atoms with Gasteiger partial charge >= 0.3 is 12.4 Å². The molecule has 0 N–H and O–H groups in total. The Morgan fingerprint density at radius 2 is 1.27 bits per heavy atom. The van der Waals surface area contributed by atoms with Gasteiger partial charge in [0.1, 0.15) is 0 Å². The molecule has 0 heterocycles. The van der Waals surface area contributed by atoms with Crippen LogP contribution in [0.3, 0.4) is 0 Å². The van der Waals surface area contributed by atoms with Gasteiger partial charge in [-0.25, -0.2) is 0 Å². The van der Waals surface area contributed by atoms with Gasteiger partial charge < -0.3 is 0 Å². The van der Waals surface area contributed by atoms with Crippen molar-refractivity contribution in [3.63, 3.8) is 0 Å². The molecule has 0 nitrogen and oxygen atoms in total. The number of allylic oxidation sites excluding steroid dienone is 2. The van der Waals surface area contributed by atoms with Crippen LogP contribution in [0.15, 0.2) is 11.6 Å². The molecule has 0 aromatic heterocycles. The van der Waals surface area contributed by atoms with Crippen LogP contribution in [0.25, 0.3) is 0 Å². The van der Waals surface area contributed by atoms with Gasteiger partial charge in [-0.1, -0.05) is 25.5 Å². The van der Waals surface area contributed by atoms with Gasteiger partial charge in [-0.15, -0.1) is 0 Å².